The zero-order valence-corrected chi connectivity index (χ0v) is 18.3. The Morgan fingerprint density at radius 1 is 1.17 bits per heavy atom. The number of carbonyl (C=O) groups is 1. The first-order valence-electron chi connectivity index (χ1n) is 9.74. The first-order valence-corrected chi connectivity index (χ1v) is 11.9. The summed E-state index contributed by atoms with van der Waals surface area (Å²) in [6, 6.07) is 13.0. The molecule has 1 aliphatic rings. The minimum Gasteiger partial charge on any atom is -0.483 e. The van der Waals surface area contributed by atoms with Gasteiger partial charge in [0.1, 0.15) is 5.75 Å². The van der Waals surface area contributed by atoms with Crippen LogP contribution in [0.25, 0.3) is 0 Å². The van der Waals surface area contributed by atoms with Gasteiger partial charge in [0, 0.05) is 17.6 Å². The topological polar surface area (TPSA) is 63.7 Å². The van der Waals surface area contributed by atoms with Gasteiger partial charge in [-0.1, -0.05) is 42.8 Å². The van der Waals surface area contributed by atoms with E-state index in [1.807, 2.05) is 31.2 Å². The second kappa shape index (κ2) is 9.18. The molecular weight excluding hydrogens is 410 g/mol. The molecule has 1 atom stereocenters. The van der Waals surface area contributed by atoms with Crippen LogP contribution in [-0.2, 0) is 27.6 Å². The van der Waals surface area contributed by atoms with E-state index >= 15 is 0 Å². The van der Waals surface area contributed by atoms with Gasteiger partial charge in [0.05, 0.1) is 11.5 Å². The fraction of sp³-hybridized carbons (Fsp3) is 0.409. The summed E-state index contributed by atoms with van der Waals surface area (Å²) in [5, 5.41) is 0.606. The summed E-state index contributed by atoms with van der Waals surface area (Å²) >= 11 is 5.97. The molecule has 0 saturated carbocycles. The van der Waals surface area contributed by atoms with Crippen LogP contribution in [0.2, 0.25) is 5.02 Å². The number of amides is 1. The Bertz CT molecular complexity index is 973. The van der Waals surface area contributed by atoms with Gasteiger partial charge in [0.15, 0.2) is 16.4 Å². The van der Waals surface area contributed by atoms with E-state index < -0.39 is 9.84 Å². The lowest BCUT2D eigenvalue weighted by Crippen LogP contribution is -2.43. The predicted octanol–water partition coefficient (Wildman–Crippen LogP) is 3.81. The van der Waals surface area contributed by atoms with Crippen LogP contribution in [0.4, 0.5) is 0 Å². The van der Waals surface area contributed by atoms with Crippen LogP contribution in [-0.4, -0.2) is 43.4 Å². The van der Waals surface area contributed by atoms with Crippen molar-refractivity contribution in [2.45, 2.75) is 39.3 Å². The summed E-state index contributed by atoms with van der Waals surface area (Å²) in [6.07, 6.45) is 1.40. The highest BCUT2D eigenvalue weighted by Crippen LogP contribution is 2.24. The number of ether oxygens (including phenoxy) is 1. The molecule has 2 aromatic carbocycles. The molecule has 0 bridgehead atoms. The summed E-state index contributed by atoms with van der Waals surface area (Å²) in [5.41, 5.74) is 3.04. The lowest BCUT2D eigenvalue weighted by Gasteiger charge is -2.28. The van der Waals surface area contributed by atoms with Crippen molar-refractivity contribution in [3.05, 3.63) is 64.2 Å². The minimum atomic E-state index is -3.10. The third kappa shape index (κ3) is 5.73. The van der Waals surface area contributed by atoms with Crippen LogP contribution < -0.4 is 4.74 Å². The van der Waals surface area contributed by atoms with Gasteiger partial charge in [-0.3, -0.25) is 4.79 Å². The first-order chi connectivity index (χ1) is 13.8. The Balaban J connectivity index is 1.75. The monoisotopic (exact) mass is 435 g/mol. The van der Waals surface area contributed by atoms with Crippen LogP contribution in [0.5, 0.6) is 5.75 Å². The van der Waals surface area contributed by atoms with E-state index in [-0.39, 0.29) is 30.1 Å². The van der Waals surface area contributed by atoms with Crippen molar-refractivity contribution in [2.75, 3.05) is 18.1 Å². The molecule has 156 valence electrons. The van der Waals surface area contributed by atoms with E-state index in [0.717, 1.165) is 17.5 Å². The fourth-order valence-electron chi connectivity index (χ4n) is 3.52. The number of nitrogens with zero attached hydrogens (tertiary/aromatic N) is 1. The summed E-state index contributed by atoms with van der Waals surface area (Å²) < 4.78 is 29.7. The van der Waals surface area contributed by atoms with Crippen molar-refractivity contribution in [1.82, 2.24) is 4.90 Å². The van der Waals surface area contributed by atoms with Crippen molar-refractivity contribution in [1.29, 1.82) is 0 Å². The van der Waals surface area contributed by atoms with E-state index in [1.54, 1.807) is 23.1 Å². The highest BCUT2D eigenvalue weighted by atomic mass is 35.5. The van der Waals surface area contributed by atoms with Crippen LogP contribution >= 0.6 is 11.6 Å². The molecule has 3 rings (SSSR count). The molecule has 0 radical (unpaired) electrons. The average Bonchev–Trinajstić information content (AvgIpc) is 3.05. The second-order valence-corrected chi connectivity index (χ2v) is 10.1. The smallest absolute Gasteiger partial charge is 0.261 e. The van der Waals surface area contributed by atoms with E-state index in [2.05, 4.69) is 6.92 Å². The number of benzene rings is 2. The van der Waals surface area contributed by atoms with Crippen LogP contribution in [0.1, 0.15) is 30.0 Å². The molecule has 1 amide bonds. The molecule has 0 aliphatic carbocycles. The van der Waals surface area contributed by atoms with Crippen molar-refractivity contribution in [2.24, 2.45) is 0 Å². The lowest BCUT2D eigenvalue weighted by atomic mass is 10.1. The molecule has 2 aromatic rings. The van der Waals surface area contributed by atoms with Crippen molar-refractivity contribution in [3.63, 3.8) is 0 Å². The standard InChI is InChI=1S/C22H26ClNO4S/c1-3-17-4-6-18(7-5-17)13-24(20-10-11-29(26,27)15-20)22(25)14-28-21-9-8-19(23)12-16(21)2/h4-9,12,20H,3,10-11,13-15H2,1-2H3. The molecule has 29 heavy (non-hydrogen) atoms. The van der Waals surface area contributed by atoms with Gasteiger partial charge < -0.3 is 9.64 Å². The molecule has 1 fully saturated rings. The Kier molecular flexibility index (Phi) is 6.85. The zero-order valence-electron chi connectivity index (χ0n) is 16.7. The molecule has 1 heterocycles. The van der Waals surface area contributed by atoms with Gasteiger partial charge in [0.25, 0.3) is 5.91 Å². The zero-order chi connectivity index (χ0) is 21.0. The van der Waals surface area contributed by atoms with Gasteiger partial charge in [-0.05, 0) is 54.7 Å². The summed E-state index contributed by atoms with van der Waals surface area (Å²) in [6.45, 7) is 4.17. The van der Waals surface area contributed by atoms with E-state index in [1.165, 1.54) is 5.56 Å². The first kappa shape index (κ1) is 21.7. The highest BCUT2D eigenvalue weighted by molar-refractivity contribution is 7.91. The largest absolute Gasteiger partial charge is 0.483 e. The quantitative estimate of drug-likeness (QED) is 0.663. The van der Waals surface area contributed by atoms with Crippen molar-refractivity contribution < 1.29 is 17.9 Å². The number of carbonyl (C=O) groups excluding carboxylic acids is 1. The number of sulfone groups is 1. The maximum Gasteiger partial charge on any atom is 0.261 e. The fourth-order valence-corrected chi connectivity index (χ4v) is 5.47. The van der Waals surface area contributed by atoms with Gasteiger partial charge in [-0.2, -0.15) is 0 Å². The summed E-state index contributed by atoms with van der Waals surface area (Å²) in [4.78, 5) is 14.6. The second-order valence-electron chi connectivity index (χ2n) is 7.45. The molecule has 1 unspecified atom stereocenters. The van der Waals surface area contributed by atoms with E-state index in [4.69, 9.17) is 16.3 Å². The van der Waals surface area contributed by atoms with Gasteiger partial charge in [0.2, 0.25) is 0 Å². The van der Waals surface area contributed by atoms with Gasteiger partial charge >= 0.3 is 0 Å². The van der Waals surface area contributed by atoms with Gasteiger partial charge in [-0.25, -0.2) is 8.42 Å². The lowest BCUT2D eigenvalue weighted by molar-refractivity contribution is -0.136. The SMILES string of the molecule is CCc1ccc(CN(C(=O)COc2ccc(Cl)cc2C)C2CCS(=O)(=O)C2)cc1. The number of aryl methyl sites for hydroxylation is 2. The summed E-state index contributed by atoms with van der Waals surface area (Å²) in [5.74, 6) is 0.495. The number of hydrogen-bond donors (Lipinski definition) is 0. The maximum atomic E-state index is 13.0. The van der Waals surface area contributed by atoms with Crippen LogP contribution in [0, 0.1) is 6.92 Å². The Labute approximate surface area is 177 Å². The Morgan fingerprint density at radius 3 is 2.45 bits per heavy atom. The van der Waals surface area contributed by atoms with E-state index in [9.17, 15) is 13.2 Å². The van der Waals surface area contributed by atoms with Crippen molar-refractivity contribution >= 4 is 27.3 Å². The maximum absolute atomic E-state index is 13.0. The third-order valence-electron chi connectivity index (χ3n) is 5.24. The molecule has 0 aromatic heterocycles. The van der Waals surface area contributed by atoms with Crippen LogP contribution in [0.3, 0.4) is 0 Å². The highest BCUT2D eigenvalue weighted by Gasteiger charge is 2.34. The Hall–Kier alpha value is -2.05. The Morgan fingerprint density at radius 2 is 1.86 bits per heavy atom. The molecular formula is C22H26ClNO4S. The predicted molar refractivity (Wildman–Crippen MR) is 115 cm³/mol. The summed E-state index contributed by atoms with van der Waals surface area (Å²) in [7, 11) is -3.10. The molecule has 0 N–H and O–H groups in total. The number of hydrogen-bond acceptors (Lipinski definition) is 4. The molecule has 5 nitrogen and oxygen atoms in total. The molecule has 7 heteroatoms. The van der Waals surface area contributed by atoms with Crippen LogP contribution in [0.15, 0.2) is 42.5 Å². The normalized spacial score (nSPS) is 17.8. The molecule has 0 spiro atoms. The average molecular weight is 436 g/mol. The van der Waals surface area contributed by atoms with E-state index in [0.29, 0.717) is 23.7 Å². The minimum absolute atomic E-state index is 0.00571. The van der Waals surface area contributed by atoms with Gasteiger partial charge in [-0.15, -0.1) is 0 Å². The van der Waals surface area contributed by atoms with Crippen molar-refractivity contribution in [3.8, 4) is 5.75 Å². The number of halogens is 1. The third-order valence-corrected chi connectivity index (χ3v) is 7.23. The molecule has 1 saturated heterocycles. The number of rotatable bonds is 7. The molecule has 1 aliphatic heterocycles.